The average Bonchev–Trinajstić information content (AvgIpc) is 2.52. The number of carbonyl (C=O) groups excluding carboxylic acids is 2. The topological polar surface area (TPSA) is 76.1 Å². The Morgan fingerprint density at radius 2 is 1.91 bits per heavy atom. The fourth-order valence-electron chi connectivity index (χ4n) is 3.00. The molecule has 0 bridgehead atoms. The molecule has 1 aliphatic rings. The lowest BCUT2D eigenvalue weighted by molar-refractivity contribution is -0.140. The quantitative estimate of drug-likeness (QED) is 0.862. The SMILES string of the molecule is COc1ccc(C(=O)OCC(=O)N2[C@@H](C)CCC[C@@H]2C)c(O)c1. The van der Waals surface area contributed by atoms with Gasteiger partial charge in [0.2, 0.25) is 0 Å². The molecule has 2 rings (SSSR count). The average molecular weight is 321 g/mol. The van der Waals surface area contributed by atoms with Crippen LogP contribution in [-0.2, 0) is 9.53 Å². The summed E-state index contributed by atoms with van der Waals surface area (Å²) < 4.78 is 10.0. The smallest absolute Gasteiger partial charge is 0.342 e. The van der Waals surface area contributed by atoms with E-state index in [-0.39, 0.29) is 35.9 Å². The Kier molecular flexibility index (Phi) is 5.47. The Hall–Kier alpha value is -2.24. The molecule has 0 spiro atoms. The summed E-state index contributed by atoms with van der Waals surface area (Å²) in [4.78, 5) is 26.1. The molecular weight excluding hydrogens is 298 g/mol. The third kappa shape index (κ3) is 3.94. The minimum absolute atomic E-state index is 0.0124. The van der Waals surface area contributed by atoms with E-state index >= 15 is 0 Å². The molecule has 0 aromatic heterocycles. The zero-order valence-corrected chi connectivity index (χ0v) is 13.7. The molecule has 1 saturated heterocycles. The highest BCUT2D eigenvalue weighted by Gasteiger charge is 2.29. The van der Waals surface area contributed by atoms with Gasteiger partial charge in [-0.05, 0) is 45.2 Å². The van der Waals surface area contributed by atoms with Crippen molar-refractivity contribution >= 4 is 11.9 Å². The van der Waals surface area contributed by atoms with Gasteiger partial charge in [-0.1, -0.05) is 0 Å². The normalized spacial score (nSPS) is 20.9. The van der Waals surface area contributed by atoms with Crippen molar-refractivity contribution in [1.29, 1.82) is 0 Å². The second kappa shape index (κ2) is 7.35. The summed E-state index contributed by atoms with van der Waals surface area (Å²) in [6.45, 7) is 3.69. The Morgan fingerprint density at radius 1 is 1.26 bits per heavy atom. The van der Waals surface area contributed by atoms with Gasteiger partial charge in [-0.15, -0.1) is 0 Å². The second-order valence-electron chi connectivity index (χ2n) is 5.89. The van der Waals surface area contributed by atoms with Gasteiger partial charge in [0, 0.05) is 18.2 Å². The number of benzene rings is 1. The molecule has 1 N–H and O–H groups in total. The second-order valence-corrected chi connectivity index (χ2v) is 5.89. The lowest BCUT2D eigenvalue weighted by Crippen LogP contribution is -2.49. The number of methoxy groups -OCH3 is 1. The molecule has 126 valence electrons. The van der Waals surface area contributed by atoms with Crippen LogP contribution in [0.5, 0.6) is 11.5 Å². The van der Waals surface area contributed by atoms with E-state index in [9.17, 15) is 14.7 Å². The van der Waals surface area contributed by atoms with E-state index in [0.717, 1.165) is 19.3 Å². The summed E-state index contributed by atoms with van der Waals surface area (Å²) in [5.41, 5.74) is 0.0124. The molecule has 0 unspecified atom stereocenters. The number of hydrogen-bond donors (Lipinski definition) is 1. The Balaban J connectivity index is 1.97. The van der Waals surface area contributed by atoms with E-state index < -0.39 is 5.97 Å². The molecule has 1 fully saturated rings. The minimum Gasteiger partial charge on any atom is -0.507 e. The van der Waals surface area contributed by atoms with E-state index in [2.05, 4.69) is 0 Å². The van der Waals surface area contributed by atoms with Crippen molar-refractivity contribution in [2.24, 2.45) is 0 Å². The molecule has 1 aliphatic heterocycles. The van der Waals surface area contributed by atoms with Crippen LogP contribution in [0.3, 0.4) is 0 Å². The fourth-order valence-corrected chi connectivity index (χ4v) is 3.00. The van der Waals surface area contributed by atoms with Crippen LogP contribution in [-0.4, -0.2) is 47.7 Å². The number of amides is 1. The maximum Gasteiger partial charge on any atom is 0.342 e. The molecule has 1 heterocycles. The minimum atomic E-state index is -0.726. The summed E-state index contributed by atoms with van der Waals surface area (Å²) >= 11 is 0. The third-order valence-electron chi connectivity index (χ3n) is 4.23. The monoisotopic (exact) mass is 321 g/mol. The fraction of sp³-hybridized carbons (Fsp3) is 0.529. The first-order valence-corrected chi connectivity index (χ1v) is 7.79. The maximum absolute atomic E-state index is 12.3. The predicted molar refractivity (Wildman–Crippen MR) is 84.6 cm³/mol. The van der Waals surface area contributed by atoms with Crippen LogP contribution < -0.4 is 4.74 Å². The number of esters is 1. The van der Waals surface area contributed by atoms with Crippen LogP contribution in [0.2, 0.25) is 0 Å². The molecule has 1 amide bonds. The molecule has 1 aromatic carbocycles. The van der Waals surface area contributed by atoms with E-state index in [0.29, 0.717) is 5.75 Å². The van der Waals surface area contributed by atoms with Gasteiger partial charge in [0.05, 0.1) is 7.11 Å². The highest BCUT2D eigenvalue weighted by molar-refractivity contribution is 5.94. The molecule has 1 aromatic rings. The van der Waals surface area contributed by atoms with Crippen molar-refractivity contribution in [1.82, 2.24) is 4.90 Å². The van der Waals surface area contributed by atoms with Crippen molar-refractivity contribution in [3.8, 4) is 11.5 Å². The number of carbonyl (C=O) groups is 2. The van der Waals surface area contributed by atoms with Crippen molar-refractivity contribution in [2.75, 3.05) is 13.7 Å². The lowest BCUT2D eigenvalue weighted by atomic mass is 9.97. The summed E-state index contributed by atoms with van der Waals surface area (Å²) in [6, 6.07) is 4.59. The number of phenolic OH excluding ortho intramolecular Hbond substituents is 1. The summed E-state index contributed by atoms with van der Waals surface area (Å²) in [7, 11) is 1.46. The van der Waals surface area contributed by atoms with Crippen molar-refractivity contribution < 1.29 is 24.2 Å². The number of nitrogens with zero attached hydrogens (tertiary/aromatic N) is 1. The van der Waals surface area contributed by atoms with Crippen LogP contribution in [0.15, 0.2) is 18.2 Å². The van der Waals surface area contributed by atoms with E-state index in [1.165, 1.54) is 19.2 Å². The zero-order valence-electron chi connectivity index (χ0n) is 13.7. The van der Waals surface area contributed by atoms with Gasteiger partial charge >= 0.3 is 5.97 Å². The summed E-state index contributed by atoms with van der Waals surface area (Å²) in [5.74, 6) is -0.727. The van der Waals surface area contributed by atoms with Crippen molar-refractivity contribution in [3.05, 3.63) is 23.8 Å². The number of phenols is 1. The number of ether oxygens (including phenoxy) is 2. The molecular formula is C17H23NO5. The first-order chi connectivity index (χ1) is 10.9. The Bertz CT molecular complexity index is 576. The van der Waals surface area contributed by atoms with Crippen LogP contribution in [0.1, 0.15) is 43.5 Å². The van der Waals surface area contributed by atoms with E-state index in [1.807, 2.05) is 13.8 Å². The predicted octanol–water partition coefficient (Wildman–Crippen LogP) is 2.35. The lowest BCUT2D eigenvalue weighted by Gasteiger charge is -2.38. The maximum atomic E-state index is 12.3. The van der Waals surface area contributed by atoms with E-state index in [1.54, 1.807) is 11.0 Å². The van der Waals surface area contributed by atoms with Crippen molar-refractivity contribution in [2.45, 2.75) is 45.2 Å². The number of piperidine rings is 1. The van der Waals surface area contributed by atoms with E-state index in [4.69, 9.17) is 9.47 Å². The van der Waals surface area contributed by atoms with Crippen LogP contribution in [0.4, 0.5) is 0 Å². The highest BCUT2D eigenvalue weighted by atomic mass is 16.5. The van der Waals surface area contributed by atoms with Crippen molar-refractivity contribution in [3.63, 3.8) is 0 Å². The Labute approximate surface area is 136 Å². The van der Waals surface area contributed by atoms with Gasteiger partial charge in [0.15, 0.2) is 6.61 Å². The van der Waals surface area contributed by atoms with Crippen LogP contribution in [0.25, 0.3) is 0 Å². The van der Waals surface area contributed by atoms with Gasteiger partial charge in [-0.2, -0.15) is 0 Å². The summed E-state index contributed by atoms with van der Waals surface area (Å²) in [6.07, 6.45) is 3.03. The first-order valence-electron chi connectivity index (χ1n) is 7.79. The molecule has 2 atom stereocenters. The molecule has 23 heavy (non-hydrogen) atoms. The molecule has 0 radical (unpaired) electrons. The third-order valence-corrected chi connectivity index (χ3v) is 4.23. The van der Waals surface area contributed by atoms with Gasteiger partial charge in [0.25, 0.3) is 5.91 Å². The number of rotatable bonds is 4. The number of hydrogen-bond acceptors (Lipinski definition) is 5. The molecule has 0 saturated carbocycles. The number of aromatic hydroxyl groups is 1. The Morgan fingerprint density at radius 3 is 2.48 bits per heavy atom. The van der Waals surface area contributed by atoms with Gasteiger partial charge in [-0.25, -0.2) is 4.79 Å². The van der Waals surface area contributed by atoms with Crippen LogP contribution >= 0.6 is 0 Å². The standard InChI is InChI=1S/C17H23NO5/c1-11-5-4-6-12(2)18(11)16(20)10-23-17(21)14-8-7-13(22-3)9-15(14)19/h7-9,11-12,19H,4-6,10H2,1-3H3/t11-,12-/m0/s1. The van der Waals surface area contributed by atoms with Crippen LogP contribution in [0, 0.1) is 0 Å². The molecule has 0 aliphatic carbocycles. The molecule has 6 heteroatoms. The largest absolute Gasteiger partial charge is 0.507 e. The van der Waals surface area contributed by atoms with Gasteiger partial charge in [0.1, 0.15) is 17.1 Å². The highest BCUT2D eigenvalue weighted by Crippen LogP contribution is 2.25. The molecule has 6 nitrogen and oxygen atoms in total. The zero-order chi connectivity index (χ0) is 17.0. The summed E-state index contributed by atoms with van der Waals surface area (Å²) in [5, 5.41) is 9.81. The van der Waals surface area contributed by atoms with Gasteiger partial charge in [-0.3, -0.25) is 4.79 Å². The number of likely N-dealkylation sites (tertiary alicyclic amines) is 1. The van der Waals surface area contributed by atoms with Gasteiger partial charge < -0.3 is 19.5 Å². The first kappa shape index (κ1) is 17.1.